The number of amides is 1. The highest BCUT2D eigenvalue weighted by Crippen LogP contribution is 2.33. The van der Waals surface area contributed by atoms with Crippen molar-refractivity contribution in [3.8, 4) is 11.1 Å². The van der Waals surface area contributed by atoms with E-state index in [0.717, 1.165) is 11.1 Å². The van der Waals surface area contributed by atoms with Gasteiger partial charge in [0.05, 0.1) is 24.1 Å². The average molecular weight is 438 g/mol. The van der Waals surface area contributed by atoms with Gasteiger partial charge in [0, 0.05) is 18.3 Å². The predicted octanol–water partition coefficient (Wildman–Crippen LogP) is 3.55. The minimum Gasteiger partial charge on any atom is -0.465 e. The smallest absolute Gasteiger partial charge is 0.408 e. The number of esters is 1. The second-order valence-corrected chi connectivity index (χ2v) is 8.21. The Morgan fingerprint density at radius 2 is 1.94 bits per heavy atom. The first kappa shape index (κ1) is 22.8. The zero-order chi connectivity index (χ0) is 23.5. The van der Waals surface area contributed by atoms with Gasteiger partial charge in [0.15, 0.2) is 0 Å². The molecule has 2 heterocycles. The van der Waals surface area contributed by atoms with E-state index in [9.17, 15) is 9.59 Å². The number of nitrogens with two attached hydrogens (primary N) is 1. The van der Waals surface area contributed by atoms with E-state index >= 15 is 0 Å². The molecule has 1 atom stereocenters. The summed E-state index contributed by atoms with van der Waals surface area (Å²) in [6.45, 7) is 9.57. The number of hydrogen-bond acceptors (Lipinski definition) is 7. The number of aromatic nitrogens is 3. The number of carbonyl (C=O) groups excluding carboxylic acids is 2. The zero-order valence-corrected chi connectivity index (χ0v) is 18.6. The summed E-state index contributed by atoms with van der Waals surface area (Å²) in [4.78, 5) is 32.5. The second kappa shape index (κ2) is 9.09. The summed E-state index contributed by atoms with van der Waals surface area (Å²) in [7, 11) is 1.34. The number of methoxy groups -OCH3 is 1. The Balaban J connectivity index is 1.95. The quantitative estimate of drug-likeness (QED) is 0.447. The van der Waals surface area contributed by atoms with Crippen LogP contribution >= 0.6 is 0 Å². The number of alkyl carbamates (subject to hydrolysis) is 1. The monoisotopic (exact) mass is 437 g/mol. The first-order valence-electron chi connectivity index (χ1n) is 10.0. The molecule has 3 N–H and O–H groups in total. The molecule has 0 fully saturated rings. The fourth-order valence-electron chi connectivity index (χ4n) is 3.26. The van der Waals surface area contributed by atoms with Gasteiger partial charge in [-0.15, -0.1) is 6.58 Å². The van der Waals surface area contributed by atoms with Crippen LogP contribution in [0.5, 0.6) is 0 Å². The van der Waals surface area contributed by atoms with Gasteiger partial charge >= 0.3 is 12.1 Å². The topological polar surface area (TPSA) is 121 Å². The largest absolute Gasteiger partial charge is 0.465 e. The minimum atomic E-state index is -0.610. The number of ether oxygens (including phenoxy) is 2. The molecule has 0 aliphatic rings. The van der Waals surface area contributed by atoms with Gasteiger partial charge in [-0.25, -0.2) is 19.6 Å². The van der Waals surface area contributed by atoms with Crippen molar-refractivity contribution in [2.45, 2.75) is 39.0 Å². The van der Waals surface area contributed by atoms with Crippen molar-refractivity contribution in [2.75, 3.05) is 12.8 Å². The van der Waals surface area contributed by atoms with E-state index in [2.05, 4.69) is 21.9 Å². The van der Waals surface area contributed by atoms with E-state index in [1.165, 1.54) is 13.4 Å². The van der Waals surface area contributed by atoms with E-state index in [1.54, 1.807) is 39.0 Å². The number of anilines is 1. The first-order valence-corrected chi connectivity index (χ1v) is 10.0. The number of rotatable bonds is 6. The van der Waals surface area contributed by atoms with Gasteiger partial charge in [-0.2, -0.15) is 0 Å². The van der Waals surface area contributed by atoms with Gasteiger partial charge < -0.3 is 25.1 Å². The highest BCUT2D eigenvalue weighted by atomic mass is 16.6. The first-order chi connectivity index (χ1) is 15.1. The summed E-state index contributed by atoms with van der Waals surface area (Å²) in [6, 6.07) is 6.57. The number of benzene rings is 1. The third kappa shape index (κ3) is 5.05. The lowest BCUT2D eigenvalue weighted by Gasteiger charge is -2.22. The lowest BCUT2D eigenvalue weighted by Crippen LogP contribution is -2.40. The van der Waals surface area contributed by atoms with Gasteiger partial charge in [0.25, 0.3) is 0 Å². The highest BCUT2D eigenvalue weighted by Gasteiger charge is 2.21. The molecular formula is C23H27N5O4. The molecule has 0 aliphatic heterocycles. The molecule has 0 aliphatic carbocycles. The van der Waals surface area contributed by atoms with Crippen molar-refractivity contribution in [2.24, 2.45) is 0 Å². The Morgan fingerprint density at radius 3 is 2.53 bits per heavy atom. The number of nitrogens with zero attached hydrogens (tertiary/aromatic N) is 3. The Hall–Kier alpha value is -3.88. The molecule has 2 aromatic heterocycles. The van der Waals surface area contributed by atoms with E-state index in [4.69, 9.17) is 15.2 Å². The van der Waals surface area contributed by atoms with Gasteiger partial charge in [-0.05, 0) is 38.5 Å². The van der Waals surface area contributed by atoms with Crippen molar-refractivity contribution in [1.29, 1.82) is 0 Å². The van der Waals surface area contributed by atoms with Crippen molar-refractivity contribution in [3.63, 3.8) is 0 Å². The molecular weight excluding hydrogens is 410 g/mol. The normalized spacial score (nSPS) is 12.2. The van der Waals surface area contributed by atoms with Crippen LogP contribution in [-0.4, -0.2) is 45.4 Å². The van der Waals surface area contributed by atoms with Crippen molar-refractivity contribution in [1.82, 2.24) is 19.9 Å². The third-order valence-corrected chi connectivity index (χ3v) is 4.68. The Bertz CT molecular complexity index is 1150. The van der Waals surface area contributed by atoms with Gasteiger partial charge in [-0.3, -0.25) is 0 Å². The SMILES string of the molecule is C=C[C@H](Cn1cc(-c2ccc(C(=O)OC)cc2)c2c(N)ncnc21)NC(=O)OC(C)(C)C. The summed E-state index contributed by atoms with van der Waals surface area (Å²) in [5, 5.41) is 3.48. The average Bonchev–Trinajstić information content (AvgIpc) is 3.11. The van der Waals surface area contributed by atoms with Gasteiger partial charge in [0.2, 0.25) is 0 Å². The standard InChI is InChI=1S/C23H27N5O4/c1-6-16(27-22(30)32-23(2,3)4)11-28-12-17(18-19(24)25-13-26-20(18)28)14-7-9-15(10-8-14)21(29)31-5/h6-10,12-13,16H,1,11H2,2-5H3,(H,27,30)(H2,24,25,26)/t16-/m1/s1. The molecule has 3 rings (SSSR count). The maximum Gasteiger partial charge on any atom is 0.408 e. The predicted molar refractivity (Wildman–Crippen MR) is 122 cm³/mol. The van der Waals surface area contributed by atoms with Crippen LogP contribution in [0.3, 0.4) is 0 Å². The number of nitrogens with one attached hydrogen (secondary N) is 1. The van der Waals surface area contributed by atoms with E-state index in [1.807, 2.05) is 22.9 Å². The van der Waals surface area contributed by atoms with Crippen LogP contribution in [0.25, 0.3) is 22.2 Å². The molecule has 9 nitrogen and oxygen atoms in total. The summed E-state index contributed by atoms with van der Waals surface area (Å²) in [5.41, 5.74) is 8.25. The van der Waals surface area contributed by atoms with Crippen LogP contribution in [-0.2, 0) is 16.0 Å². The van der Waals surface area contributed by atoms with E-state index in [-0.39, 0.29) is 0 Å². The lowest BCUT2D eigenvalue weighted by atomic mass is 10.0. The molecule has 0 saturated heterocycles. The van der Waals surface area contributed by atoms with Crippen LogP contribution < -0.4 is 11.1 Å². The molecule has 168 valence electrons. The summed E-state index contributed by atoms with van der Waals surface area (Å²) >= 11 is 0. The molecule has 0 spiro atoms. The highest BCUT2D eigenvalue weighted by molar-refractivity contribution is 6.01. The van der Waals surface area contributed by atoms with Gasteiger partial charge in [-0.1, -0.05) is 18.2 Å². The molecule has 0 bridgehead atoms. The Kier molecular flexibility index (Phi) is 6.47. The molecule has 32 heavy (non-hydrogen) atoms. The van der Waals surface area contributed by atoms with Crippen molar-refractivity contribution < 1.29 is 19.1 Å². The number of fused-ring (bicyclic) bond motifs is 1. The molecule has 0 saturated carbocycles. The summed E-state index contributed by atoms with van der Waals surface area (Å²) in [6.07, 6.45) is 4.37. The maximum atomic E-state index is 12.2. The number of hydrogen-bond donors (Lipinski definition) is 2. The number of nitrogen functional groups attached to an aromatic ring is 1. The molecule has 3 aromatic rings. The van der Waals surface area contributed by atoms with Crippen molar-refractivity contribution in [3.05, 3.63) is 55.0 Å². The molecule has 1 aromatic carbocycles. The summed E-state index contributed by atoms with van der Waals surface area (Å²) < 4.78 is 12.0. The molecule has 9 heteroatoms. The van der Waals surface area contributed by atoms with Crippen LogP contribution in [0.2, 0.25) is 0 Å². The van der Waals surface area contributed by atoms with Crippen LogP contribution in [0, 0.1) is 0 Å². The third-order valence-electron chi connectivity index (χ3n) is 4.68. The second-order valence-electron chi connectivity index (χ2n) is 8.21. The number of carbonyl (C=O) groups is 2. The van der Waals surface area contributed by atoms with E-state index in [0.29, 0.717) is 29.0 Å². The van der Waals surface area contributed by atoms with Crippen LogP contribution in [0.15, 0.2) is 49.4 Å². The molecule has 0 radical (unpaired) electrons. The lowest BCUT2D eigenvalue weighted by molar-refractivity contribution is 0.0510. The maximum absolute atomic E-state index is 12.2. The molecule has 1 amide bonds. The van der Waals surface area contributed by atoms with Gasteiger partial charge in [0.1, 0.15) is 23.4 Å². The van der Waals surface area contributed by atoms with Crippen molar-refractivity contribution >= 4 is 28.9 Å². The van der Waals surface area contributed by atoms with Crippen LogP contribution in [0.1, 0.15) is 31.1 Å². The zero-order valence-electron chi connectivity index (χ0n) is 18.6. The Labute approximate surface area is 186 Å². The van der Waals surface area contributed by atoms with E-state index < -0.39 is 23.7 Å². The fourth-order valence-corrected chi connectivity index (χ4v) is 3.26. The Morgan fingerprint density at radius 1 is 1.25 bits per heavy atom. The minimum absolute atomic E-state index is 0.330. The van der Waals surface area contributed by atoms with Crippen LogP contribution in [0.4, 0.5) is 10.6 Å². The molecule has 0 unspecified atom stereocenters. The summed E-state index contributed by atoms with van der Waals surface area (Å²) in [5.74, 6) is -0.0834. The fraction of sp³-hybridized carbons (Fsp3) is 0.304.